The van der Waals surface area contributed by atoms with Gasteiger partial charge >= 0.3 is 5.97 Å². The predicted molar refractivity (Wildman–Crippen MR) is 74.4 cm³/mol. The minimum atomic E-state index is -0.852. The van der Waals surface area contributed by atoms with Crippen LogP contribution >= 0.6 is 0 Å². The summed E-state index contributed by atoms with van der Waals surface area (Å²) in [4.78, 5) is 10.4. The third-order valence-corrected chi connectivity index (χ3v) is 2.77. The zero-order chi connectivity index (χ0) is 13.7. The van der Waals surface area contributed by atoms with Gasteiger partial charge < -0.3 is 9.84 Å². The predicted octanol–water partition coefficient (Wildman–Crippen LogP) is 3.52. The maximum atomic E-state index is 10.4. The molecule has 0 aliphatic rings. The normalized spacial score (nSPS) is 10.2. The van der Waals surface area contributed by atoms with Crippen LogP contribution in [0.15, 0.2) is 48.5 Å². The molecule has 0 saturated carbocycles. The number of benzene rings is 2. The Kier molecular flexibility index (Phi) is 4.18. The second-order valence-electron chi connectivity index (χ2n) is 4.39. The number of aryl methyl sites for hydroxylation is 1. The molecule has 0 radical (unpaired) electrons. The van der Waals surface area contributed by atoms with E-state index in [1.165, 1.54) is 5.56 Å². The maximum Gasteiger partial charge on any atom is 0.306 e. The van der Waals surface area contributed by atoms with Crippen molar-refractivity contribution in [2.45, 2.75) is 13.3 Å². The molecule has 3 nitrogen and oxygen atoms in total. The Bertz CT molecular complexity index is 576. The van der Waals surface area contributed by atoms with Crippen molar-refractivity contribution in [3.05, 3.63) is 54.1 Å². The number of carboxylic acid groups (broad SMARTS) is 1. The molecule has 0 amide bonds. The Morgan fingerprint density at radius 3 is 2.47 bits per heavy atom. The lowest BCUT2D eigenvalue weighted by atomic mass is 10.0. The van der Waals surface area contributed by atoms with Crippen LogP contribution in [0.2, 0.25) is 0 Å². The van der Waals surface area contributed by atoms with Crippen LogP contribution < -0.4 is 4.74 Å². The van der Waals surface area contributed by atoms with Gasteiger partial charge in [-0.3, -0.25) is 4.79 Å². The molecule has 98 valence electrons. The molecule has 3 heteroatoms. The molecular weight excluding hydrogens is 240 g/mol. The minimum absolute atomic E-state index is 0.00860. The van der Waals surface area contributed by atoms with Gasteiger partial charge in [-0.2, -0.15) is 0 Å². The Balaban J connectivity index is 2.13. The number of rotatable bonds is 5. The molecule has 19 heavy (non-hydrogen) atoms. The summed E-state index contributed by atoms with van der Waals surface area (Å²) in [6.07, 6.45) is 0.00860. The van der Waals surface area contributed by atoms with E-state index in [0.29, 0.717) is 5.75 Å². The van der Waals surface area contributed by atoms with Crippen LogP contribution in [-0.4, -0.2) is 17.7 Å². The highest BCUT2D eigenvalue weighted by Gasteiger charge is 2.02. The Morgan fingerprint density at radius 2 is 1.79 bits per heavy atom. The highest BCUT2D eigenvalue weighted by Crippen LogP contribution is 2.24. The number of carbonyl (C=O) groups is 1. The second kappa shape index (κ2) is 6.05. The van der Waals surface area contributed by atoms with Crippen molar-refractivity contribution in [3.8, 4) is 16.9 Å². The molecule has 0 aliphatic heterocycles. The minimum Gasteiger partial charge on any atom is -0.493 e. The Labute approximate surface area is 112 Å². The Hall–Kier alpha value is -2.29. The molecular formula is C16H16O3. The topological polar surface area (TPSA) is 46.5 Å². The second-order valence-corrected chi connectivity index (χ2v) is 4.39. The van der Waals surface area contributed by atoms with Crippen LogP contribution in [0.3, 0.4) is 0 Å². The van der Waals surface area contributed by atoms with Gasteiger partial charge in [0.05, 0.1) is 13.0 Å². The van der Waals surface area contributed by atoms with E-state index in [4.69, 9.17) is 9.84 Å². The van der Waals surface area contributed by atoms with Crippen LogP contribution in [0.1, 0.15) is 12.0 Å². The fraction of sp³-hybridized carbons (Fsp3) is 0.188. The average molecular weight is 256 g/mol. The highest BCUT2D eigenvalue weighted by atomic mass is 16.5. The number of carboxylic acids is 1. The van der Waals surface area contributed by atoms with Gasteiger partial charge in [-0.05, 0) is 30.2 Å². The van der Waals surface area contributed by atoms with Gasteiger partial charge in [0, 0.05) is 0 Å². The molecule has 0 heterocycles. The highest BCUT2D eigenvalue weighted by molar-refractivity contribution is 5.67. The van der Waals surface area contributed by atoms with Crippen LogP contribution in [-0.2, 0) is 4.79 Å². The summed E-state index contributed by atoms with van der Waals surface area (Å²) < 4.78 is 5.43. The van der Waals surface area contributed by atoms with Crippen LogP contribution in [0, 0.1) is 6.92 Å². The van der Waals surface area contributed by atoms with Gasteiger partial charge in [0.2, 0.25) is 0 Å². The van der Waals surface area contributed by atoms with Crippen molar-refractivity contribution < 1.29 is 14.6 Å². The van der Waals surface area contributed by atoms with Crippen molar-refractivity contribution in [1.29, 1.82) is 0 Å². The van der Waals surface area contributed by atoms with Gasteiger partial charge in [-0.25, -0.2) is 0 Å². The quantitative estimate of drug-likeness (QED) is 0.890. The third kappa shape index (κ3) is 3.85. The van der Waals surface area contributed by atoms with Gasteiger partial charge in [-0.1, -0.05) is 42.0 Å². The zero-order valence-electron chi connectivity index (χ0n) is 10.8. The van der Waals surface area contributed by atoms with Crippen LogP contribution in [0.4, 0.5) is 0 Å². The average Bonchev–Trinajstić information content (AvgIpc) is 2.39. The molecule has 2 aromatic rings. The van der Waals surface area contributed by atoms with E-state index < -0.39 is 5.97 Å². The third-order valence-electron chi connectivity index (χ3n) is 2.77. The monoisotopic (exact) mass is 256 g/mol. The number of aliphatic carboxylic acids is 1. The summed E-state index contributed by atoms with van der Waals surface area (Å²) in [6.45, 7) is 2.24. The molecule has 1 N–H and O–H groups in total. The lowest BCUT2D eigenvalue weighted by molar-refractivity contribution is -0.137. The number of hydrogen-bond acceptors (Lipinski definition) is 2. The van der Waals surface area contributed by atoms with Crippen LogP contribution in [0.5, 0.6) is 5.75 Å². The summed E-state index contributed by atoms with van der Waals surface area (Å²) in [7, 11) is 0. The lowest BCUT2D eigenvalue weighted by Gasteiger charge is -2.07. The largest absolute Gasteiger partial charge is 0.493 e. The van der Waals surface area contributed by atoms with E-state index in [0.717, 1.165) is 11.1 Å². The first kappa shape index (κ1) is 13.1. The van der Waals surface area contributed by atoms with Crippen molar-refractivity contribution in [3.63, 3.8) is 0 Å². The smallest absolute Gasteiger partial charge is 0.306 e. The van der Waals surface area contributed by atoms with Crippen LogP contribution in [0.25, 0.3) is 11.1 Å². The maximum absolute atomic E-state index is 10.4. The summed E-state index contributed by atoms with van der Waals surface area (Å²) in [5.74, 6) is -0.157. The van der Waals surface area contributed by atoms with Crippen molar-refractivity contribution in [2.24, 2.45) is 0 Å². The summed E-state index contributed by atoms with van der Waals surface area (Å²) >= 11 is 0. The van der Waals surface area contributed by atoms with Gasteiger partial charge in [0.25, 0.3) is 0 Å². The van der Waals surface area contributed by atoms with Gasteiger partial charge in [-0.15, -0.1) is 0 Å². The summed E-state index contributed by atoms with van der Waals surface area (Å²) in [5.41, 5.74) is 3.40. The number of hydrogen-bond donors (Lipinski definition) is 1. The van der Waals surface area contributed by atoms with E-state index >= 15 is 0 Å². The first-order valence-corrected chi connectivity index (χ1v) is 6.17. The molecule has 2 aromatic carbocycles. The fourth-order valence-electron chi connectivity index (χ4n) is 1.85. The molecule has 0 saturated heterocycles. The lowest BCUT2D eigenvalue weighted by Crippen LogP contribution is -2.04. The van der Waals surface area contributed by atoms with Crippen molar-refractivity contribution in [2.75, 3.05) is 6.61 Å². The first-order valence-electron chi connectivity index (χ1n) is 6.17. The zero-order valence-corrected chi connectivity index (χ0v) is 10.8. The molecule has 0 fully saturated rings. The van der Waals surface area contributed by atoms with E-state index in [2.05, 4.69) is 19.1 Å². The summed E-state index contributed by atoms with van der Waals surface area (Å²) in [6, 6.07) is 15.9. The van der Waals surface area contributed by atoms with Crippen molar-refractivity contribution in [1.82, 2.24) is 0 Å². The molecule has 0 aromatic heterocycles. The molecule has 2 rings (SSSR count). The standard InChI is InChI=1S/C16H16O3/c1-12-4-2-5-13(10-12)14-6-3-7-15(11-14)19-9-8-16(17)18/h2-7,10-11H,8-9H2,1H3,(H,17,18). The molecule has 0 spiro atoms. The van der Waals surface area contributed by atoms with Crippen molar-refractivity contribution >= 4 is 5.97 Å². The van der Waals surface area contributed by atoms with Gasteiger partial charge in [0.15, 0.2) is 0 Å². The van der Waals surface area contributed by atoms with Gasteiger partial charge in [0.1, 0.15) is 5.75 Å². The van der Waals surface area contributed by atoms with E-state index in [9.17, 15) is 4.79 Å². The molecule has 0 bridgehead atoms. The fourth-order valence-corrected chi connectivity index (χ4v) is 1.85. The van der Waals surface area contributed by atoms with E-state index in [1.54, 1.807) is 0 Å². The van der Waals surface area contributed by atoms with E-state index in [-0.39, 0.29) is 13.0 Å². The molecule has 0 unspecified atom stereocenters. The molecule has 0 aliphatic carbocycles. The summed E-state index contributed by atoms with van der Waals surface area (Å²) in [5, 5.41) is 8.57. The number of ether oxygens (including phenoxy) is 1. The molecule has 0 atom stereocenters. The Morgan fingerprint density at radius 1 is 1.11 bits per heavy atom. The first-order chi connectivity index (χ1) is 9.15. The SMILES string of the molecule is Cc1cccc(-c2cccc(OCCC(=O)O)c2)c1. The van der Waals surface area contributed by atoms with E-state index in [1.807, 2.05) is 36.4 Å².